The van der Waals surface area contributed by atoms with Gasteiger partial charge in [-0.05, 0) is 47.2 Å². The van der Waals surface area contributed by atoms with Crippen molar-refractivity contribution in [3.05, 3.63) is 82.5 Å². The van der Waals surface area contributed by atoms with Crippen LogP contribution in [-0.2, 0) is 24.4 Å². The van der Waals surface area contributed by atoms with Gasteiger partial charge in [-0.15, -0.1) is 0 Å². The van der Waals surface area contributed by atoms with Crippen molar-refractivity contribution in [3.8, 4) is 11.1 Å². The Bertz CT molecular complexity index is 1150. The summed E-state index contributed by atoms with van der Waals surface area (Å²) in [5.74, 6) is -0.0897. The van der Waals surface area contributed by atoms with Crippen LogP contribution < -0.4 is 16.4 Å². The van der Waals surface area contributed by atoms with E-state index < -0.39 is 0 Å². The summed E-state index contributed by atoms with van der Waals surface area (Å²) in [6, 6.07) is 15.5. The van der Waals surface area contributed by atoms with Crippen LogP contribution >= 0.6 is 0 Å². The van der Waals surface area contributed by atoms with Gasteiger partial charge < -0.3 is 26.2 Å². The molecule has 2 aromatic carbocycles. The van der Waals surface area contributed by atoms with E-state index in [0.717, 1.165) is 28.7 Å². The van der Waals surface area contributed by atoms with Crippen LogP contribution in [0.15, 0.2) is 54.7 Å². The fourth-order valence-corrected chi connectivity index (χ4v) is 4.24. The van der Waals surface area contributed by atoms with E-state index in [-0.39, 0.29) is 30.5 Å². The molecule has 1 aromatic heterocycles. The maximum absolute atomic E-state index is 13.1. The summed E-state index contributed by atoms with van der Waals surface area (Å²) in [5.41, 5.74) is 12.6. The minimum absolute atomic E-state index is 0.0176. The molecule has 1 aliphatic heterocycles. The second-order valence-corrected chi connectivity index (χ2v) is 8.71. The van der Waals surface area contributed by atoms with Gasteiger partial charge in [0.05, 0.1) is 30.9 Å². The molecule has 34 heavy (non-hydrogen) atoms. The summed E-state index contributed by atoms with van der Waals surface area (Å²) >= 11 is 0. The number of hydrogen-bond donors (Lipinski definition) is 4. The monoisotopic (exact) mass is 460 g/mol. The Hall–Kier alpha value is -3.26. The smallest absolute Gasteiger partial charge is 0.255 e. The molecule has 2 heterocycles. The van der Waals surface area contributed by atoms with E-state index in [1.54, 1.807) is 12.3 Å². The van der Waals surface area contributed by atoms with E-state index >= 15 is 0 Å². The van der Waals surface area contributed by atoms with E-state index in [9.17, 15) is 9.90 Å². The Morgan fingerprint density at radius 2 is 1.91 bits per heavy atom. The van der Waals surface area contributed by atoms with Crippen molar-refractivity contribution in [2.45, 2.75) is 45.6 Å². The number of aliphatic hydroxyl groups is 1. The number of nitrogen functional groups attached to an aromatic ring is 1. The zero-order chi connectivity index (χ0) is 24.1. The molecule has 3 aromatic rings. The van der Waals surface area contributed by atoms with Crippen molar-refractivity contribution in [3.63, 3.8) is 0 Å². The Morgan fingerprint density at radius 3 is 2.65 bits per heavy atom. The number of benzene rings is 2. The van der Waals surface area contributed by atoms with Crippen LogP contribution in [-0.4, -0.2) is 41.2 Å². The van der Waals surface area contributed by atoms with Crippen LogP contribution in [0.2, 0.25) is 0 Å². The van der Waals surface area contributed by atoms with E-state index in [0.29, 0.717) is 25.3 Å². The first-order valence-electron chi connectivity index (χ1n) is 11.7. The number of nitrogens with two attached hydrogens (primary N) is 1. The maximum Gasteiger partial charge on any atom is 0.255 e. The molecule has 7 nitrogen and oxygen atoms in total. The third-order valence-electron chi connectivity index (χ3n) is 6.37. The first-order chi connectivity index (χ1) is 16.5. The third-order valence-corrected chi connectivity index (χ3v) is 6.37. The molecule has 4 rings (SSSR count). The molecular weight excluding hydrogens is 428 g/mol. The number of anilines is 1. The lowest BCUT2D eigenvalue weighted by Crippen LogP contribution is -2.44. The molecule has 1 aliphatic rings. The highest BCUT2D eigenvalue weighted by molar-refractivity contribution is 5.99. The van der Waals surface area contributed by atoms with Crippen molar-refractivity contribution < 1.29 is 14.6 Å². The molecule has 7 heteroatoms. The number of carbonyl (C=O) groups is 1. The number of nitrogens with zero attached hydrogens (tertiary/aromatic N) is 1. The van der Waals surface area contributed by atoms with Gasteiger partial charge >= 0.3 is 0 Å². The summed E-state index contributed by atoms with van der Waals surface area (Å²) in [6.45, 7) is 6.04. The van der Waals surface area contributed by atoms with Crippen molar-refractivity contribution in [2.75, 3.05) is 18.8 Å². The average molecular weight is 461 g/mol. The van der Waals surface area contributed by atoms with Gasteiger partial charge in [-0.1, -0.05) is 49.4 Å². The number of ether oxygens (including phenoxy) is 1. The molecule has 0 aliphatic carbocycles. The fraction of sp³-hybridized carbons (Fsp3) is 0.333. The normalized spacial score (nSPS) is 17.6. The lowest BCUT2D eigenvalue weighted by Gasteiger charge is -2.21. The summed E-state index contributed by atoms with van der Waals surface area (Å²) in [6.07, 6.45) is 2.50. The Kier molecular flexibility index (Phi) is 7.57. The van der Waals surface area contributed by atoms with Crippen LogP contribution in [0, 0.1) is 6.92 Å². The van der Waals surface area contributed by atoms with Crippen molar-refractivity contribution in [1.29, 1.82) is 0 Å². The zero-order valence-electron chi connectivity index (χ0n) is 19.7. The average Bonchev–Trinajstić information content (AvgIpc) is 3.30. The second kappa shape index (κ2) is 10.8. The Balaban J connectivity index is 1.43. The highest BCUT2D eigenvalue weighted by Crippen LogP contribution is 2.23. The van der Waals surface area contributed by atoms with Crippen molar-refractivity contribution in [1.82, 2.24) is 15.6 Å². The first kappa shape index (κ1) is 23.9. The van der Waals surface area contributed by atoms with Crippen molar-refractivity contribution in [2.24, 2.45) is 0 Å². The van der Waals surface area contributed by atoms with Crippen molar-refractivity contribution >= 4 is 11.7 Å². The SMILES string of the molecule is CCc1cc(CO[C@H]2CNCC2NC(=O)c2cc(-c3ccc(CO)cc3)cnc2N)ccc1C. The Morgan fingerprint density at radius 1 is 1.15 bits per heavy atom. The Labute approximate surface area is 200 Å². The molecule has 1 fully saturated rings. The zero-order valence-corrected chi connectivity index (χ0v) is 19.7. The molecule has 2 atom stereocenters. The molecule has 0 spiro atoms. The number of pyridine rings is 1. The molecule has 0 bridgehead atoms. The quantitative estimate of drug-likeness (QED) is 0.412. The van der Waals surface area contributed by atoms with E-state index in [2.05, 4.69) is 47.7 Å². The summed E-state index contributed by atoms with van der Waals surface area (Å²) in [4.78, 5) is 17.3. The number of carbonyl (C=O) groups excluding carboxylic acids is 1. The lowest BCUT2D eigenvalue weighted by atomic mass is 10.0. The minimum atomic E-state index is -0.273. The topological polar surface area (TPSA) is 110 Å². The predicted molar refractivity (Wildman–Crippen MR) is 133 cm³/mol. The number of aliphatic hydroxyl groups excluding tert-OH is 1. The lowest BCUT2D eigenvalue weighted by molar-refractivity contribution is 0.0357. The molecule has 5 N–H and O–H groups in total. The number of rotatable bonds is 8. The van der Waals surface area contributed by atoms with Crippen LogP contribution in [0.1, 0.15) is 39.5 Å². The van der Waals surface area contributed by atoms with Gasteiger partial charge in [0.25, 0.3) is 5.91 Å². The van der Waals surface area contributed by atoms with Crippen LogP contribution in [0.5, 0.6) is 0 Å². The van der Waals surface area contributed by atoms with Gasteiger partial charge in [-0.2, -0.15) is 0 Å². The molecule has 1 unspecified atom stereocenters. The van der Waals surface area contributed by atoms with Gasteiger partial charge in [0, 0.05) is 24.8 Å². The van der Waals surface area contributed by atoms with E-state index in [1.165, 1.54) is 11.1 Å². The third kappa shape index (κ3) is 5.44. The predicted octanol–water partition coefficient (Wildman–Crippen LogP) is 2.98. The van der Waals surface area contributed by atoms with Crippen LogP contribution in [0.4, 0.5) is 5.82 Å². The summed E-state index contributed by atoms with van der Waals surface area (Å²) < 4.78 is 6.18. The number of nitrogens with one attached hydrogen (secondary N) is 2. The van der Waals surface area contributed by atoms with Gasteiger partial charge in [-0.3, -0.25) is 4.79 Å². The number of aromatic nitrogens is 1. The number of hydrogen-bond acceptors (Lipinski definition) is 6. The van der Waals surface area contributed by atoms with Gasteiger partial charge in [0.1, 0.15) is 5.82 Å². The number of aryl methyl sites for hydroxylation is 2. The van der Waals surface area contributed by atoms with Crippen LogP contribution in [0.3, 0.4) is 0 Å². The molecular formula is C27H32N4O3. The molecule has 178 valence electrons. The highest BCUT2D eigenvalue weighted by Gasteiger charge is 2.30. The standard InChI is InChI=1S/C27H32N4O3/c1-3-20-10-19(5-4-17(20)2)16-34-25-14-29-13-24(25)31-27(33)23-11-22(12-30-26(23)28)21-8-6-18(15-32)7-9-21/h4-12,24-25,29,32H,3,13-16H2,1-2H3,(H2,28,30)(H,31,33)/t24?,25-/m0/s1. The van der Waals surface area contributed by atoms with Crippen LogP contribution in [0.25, 0.3) is 11.1 Å². The molecule has 1 amide bonds. The van der Waals surface area contributed by atoms with Gasteiger partial charge in [0.2, 0.25) is 0 Å². The largest absolute Gasteiger partial charge is 0.392 e. The highest BCUT2D eigenvalue weighted by atomic mass is 16.5. The molecule has 0 radical (unpaired) electrons. The van der Waals surface area contributed by atoms with Gasteiger partial charge in [0.15, 0.2) is 0 Å². The maximum atomic E-state index is 13.1. The molecule has 0 saturated carbocycles. The van der Waals surface area contributed by atoms with E-state index in [4.69, 9.17) is 10.5 Å². The first-order valence-corrected chi connectivity index (χ1v) is 11.7. The van der Waals surface area contributed by atoms with E-state index in [1.807, 2.05) is 24.3 Å². The summed E-state index contributed by atoms with van der Waals surface area (Å²) in [7, 11) is 0. The fourth-order valence-electron chi connectivity index (χ4n) is 4.24. The molecule has 1 saturated heterocycles. The second-order valence-electron chi connectivity index (χ2n) is 8.71. The summed E-state index contributed by atoms with van der Waals surface area (Å²) in [5, 5.41) is 15.6. The number of amides is 1. The minimum Gasteiger partial charge on any atom is -0.392 e. The van der Waals surface area contributed by atoms with Gasteiger partial charge in [-0.25, -0.2) is 4.98 Å².